The fourth-order valence-electron chi connectivity index (χ4n) is 1.65. The summed E-state index contributed by atoms with van der Waals surface area (Å²) in [7, 11) is 0. The van der Waals surface area contributed by atoms with Crippen molar-refractivity contribution in [2.24, 2.45) is 0 Å². The van der Waals surface area contributed by atoms with E-state index in [9.17, 15) is 0 Å². The molecule has 0 amide bonds. The Kier molecular flexibility index (Phi) is 5.67. The summed E-state index contributed by atoms with van der Waals surface area (Å²) in [5.74, 6) is 1.65. The lowest BCUT2D eigenvalue weighted by atomic mass is 10.2. The molecule has 0 saturated carbocycles. The molecule has 0 fully saturated rings. The van der Waals surface area contributed by atoms with E-state index in [0.717, 1.165) is 34.0 Å². The Morgan fingerprint density at radius 2 is 2.00 bits per heavy atom. The zero-order valence-electron chi connectivity index (χ0n) is 10.6. The van der Waals surface area contributed by atoms with Gasteiger partial charge >= 0.3 is 0 Å². The van der Waals surface area contributed by atoms with Gasteiger partial charge in [0.2, 0.25) is 0 Å². The van der Waals surface area contributed by atoms with Gasteiger partial charge in [0.25, 0.3) is 0 Å². The number of nitrogens with zero attached hydrogens (tertiary/aromatic N) is 2. The van der Waals surface area contributed by atoms with Crippen molar-refractivity contribution >= 4 is 39.3 Å². The molecule has 0 N–H and O–H groups in total. The van der Waals surface area contributed by atoms with Gasteiger partial charge in [0.15, 0.2) is 0 Å². The van der Waals surface area contributed by atoms with Gasteiger partial charge in [-0.3, -0.25) is 0 Å². The van der Waals surface area contributed by atoms with Gasteiger partial charge in [0.1, 0.15) is 5.82 Å². The summed E-state index contributed by atoms with van der Waals surface area (Å²) in [6, 6.07) is 7.83. The number of thioether (sulfide) groups is 1. The molecule has 0 unspecified atom stereocenters. The first-order chi connectivity index (χ1) is 9.22. The van der Waals surface area contributed by atoms with Crippen LogP contribution in [0.25, 0.3) is 0 Å². The molecule has 19 heavy (non-hydrogen) atoms. The fourth-order valence-corrected chi connectivity index (χ4v) is 3.01. The van der Waals surface area contributed by atoms with Crippen LogP contribution in [0.4, 0.5) is 0 Å². The number of aromatic nitrogens is 2. The third kappa shape index (κ3) is 4.20. The highest BCUT2D eigenvalue weighted by molar-refractivity contribution is 9.08. The van der Waals surface area contributed by atoms with Crippen LogP contribution in [-0.2, 0) is 17.5 Å². The van der Waals surface area contributed by atoms with Crippen LogP contribution in [0.2, 0.25) is 5.02 Å². The maximum absolute atomic E-state index is 5.86. The highest BCUT2D eigenvalue weighted by Gasteiger charge is 2.05. The lowest BCUT2D eigenvalue weighted by molar-refractivity contribution is 0.915. The van der Waals surface area contributed by atoms with E-state index in [1.54, 1.807) is 11.8 Å². The summed E-state index contributed by atoms with van der Waals surface area (Å²) < 4.78 is 0. The van der Waals surface area contributed by atoms with Gasteiger partial charge in [0, 0.05) is 32.7 Å². The molecule has 0 radical (unpaired) electrons. The van der Waals surface area contributed by atoms with E-state index in [0.29, 0.717) is 0 Å². The van der Waals surface area contributed by atoms with E-state index >= 15 is 0 Å². The van der Waals surface area contributed by atoms with Crippen LogP contribution in [0.1, 0.15) is 24.0 Å². The van der Waals surface area contributed by atoms with Crippen molar-refractivity contribution in [3.8, 4) is 0 Å². The number of hydrogen-bond acceptors (Lipinski definition) is 3. The van der Waals surface area contributed by atoms with Gasteiger partial charge in [-0.15, -0.1) is 11.8 Å². The molecular formula is C14H14BrClN2S. The van der Waals surface area contributed by atoms with E-state index in [1.165, 1.54) is 10.5 Å². The normalized spacial score (nSPS) is 10.7. The maximum atomic E-state index is 5.86. The molecule has 100 valence electrons. The molecule has 1 aromatic heterocycles. The Morgan fingerprint density at radius 1 is 1.26 bits per heavy atom. The van der Waals surface area contributed by atoms with E-state index in [1.807, 2.05) is 30.5 Å². The Balaban J connectivity index is 2.05. The lowest BCUT2D eigenvalue weighted by Gasteiger charge is -2.06. The molecule has 0 atom stereocenters. The average Bonchev–Trinajstić information content (AvgIpc) is 2.46. The van der Waals surface area contributed by atoms with Crippen molar-refractivity contribution in [2.75, 3.05) is 0 Å². The van der Waals surface area contributed by atoms with Gasteiger partial charge < -0.3 is 0 Å². The molecule has 5 heteroatoms. The predicted octanol–water partition coefficient (Wildman–Crippen LogP) is 4.88. The molecule has 0 aliphatic rings. The Hall–Kier alpha value is -0.580. The van der Waals surface area contributed by atoms with Crippen molar-refractivity contribution in [3.63, 3.8) is 0 Å². The zero-order chi connectivity index (χ0) is 13.7. The number of rotatable bonds is 5. The van der Waals surface area contributed by atoms with Crippen LogP contribution in [0.15, 0.2) is 35.4 Å². The highest BCUT2D eigenvalue weighted by atomic mass is 79.9. The van der Waals surface area contributed by atoms with E-state index in [4.69, 9.17) is 11.6 Å². The third-order valence-electron chi connectivity index (χ3n) is 2.66. The SMILES string of the molecule is CCc1nc(CSc2ccc(Cl)cc2)ncc1CBr. The molecule has 2 nitrogen and oxygen atoms in total. The quantitative estimate of drug-likeness (QED) is 0.563. The van der Waals surface area contributed by atoms with Gasteiger partial charge in [0.05, 0.1) is 5.75 Å². The van der Waals surface area contributed by atoms with Crippen LogP contribution in [0, 0.1) is 0 Å². The second-order valence-electron chi connectivity index (χ2n) is 3.99. The van der Waals surface area contributed by atoms with E-state index in [-0.39, 0.29) is 0 Å². The van der Waals surface area contributed by atoms with Crippen molar-refractivity contribution in [1.29, 1.82) is 0 Å². The topological polar surface area (TPSA) is 25.8 Å². The van der Waals surface area contributed by atoms with Crippen molar-refractivity contribution < 1.29 is 0 Å². The highest BCUT2D eigenvalue weighted by Crippen LogP contribution is 2.23. The fraction of sp³-hybridized carbons (Fsp3) is 0.286. The zero-order valence-corrected chi connectivity index (χ0v) is 13.7. The molecule has 0 saturated heterocycles. The van der Waals surface area contributed by atoms with Crippen molar-refractivity contribution in [1.82, 2.24) is 9.97 Å². The standard InChI is InChI=1S/C14H14BrClN2S/c1-2-13-10(7-15)8-17-14(18-13)9-19-12-5-3-11(16)4-6-12/h3-6,8H,2,7,9H2,1H3. The third-order valence-corrected chi connectivity index (χ3v) is 4.53. The van der Waals surface area contributed by atoms with Crippen molar-refractivity contribution in [3.05, 3.63) is 52.6 Å². The summed E-state index contributed by atoms with van der Waals surface area (Å²) >= 11 is 11.0. The smallest absolute Gasteiger partial charge is 0.138 e. The summed E-state index contributed by atoms with van der Waals surface area (Å²) in [6.45, 7) is 2.12. The second-order valence-corrected chi connectivity index (χ2v) is 6.03. The monoisotopic (exact) mass is 356 g/mol. The number of benzene rings is 1. The molecule has 2 aromatic rings. The summed E-state index contributed by atoms with van der Waals surface area (Å²) in [6.07, 6.45) is 2.85. The van der Waals surface area contributed by atoms with Crippen LogP contribution in [-0.4, -0.2) is 9.97 Å². The van der Waals surface area contributed by atoms with Crippen LogP contribution < -0.4 is 0 Å². The maximum Gasteiger partial charge on any atom is 0.138 e. The first kappa shape index (κ1) is 14.8. The first-order valence-electron chi connectivity index (χ1n) is 6.01. The number of halogens is 2. The van der Waals surface area contributed by atoms with E-state index < -0.39 is 0 Å². The molecule has 0 bridgehead atoms. The Morgan fingerprint density at radius 3 is 2.63 bits per heavy atom. The summed E-state index contributed by atoms with van der Waals surface area (Å²) in [5, 5.41) is 1.57. The average molecular weight is 358 g/mol. The molecule has 0 aliphatic heterocycles. The van der Waals surface area contributed by atoms with Crippen molar-refractivity contribution in [2.45, 2.75) is 29.3 Å². The summed E-state index contributed by atoms with van der Waals surface area (Å²) in [4.78, 5) is 10.2. The first-order valence-corrected chi connectivity index (χ1v) is 8.49. The Bertz CT molecular complexity index is 546. The number of aryl methyl sites for hydroxylation is 1. The minimum Gasteiger partial charge on any atom is -0.240 e. The predicted molar refractivity (Wildman–Crippen MR) is 85.1 cm³/mol. The van der Waals surface area contributed by atoms with E-state index in [2.05, 4.69) is 32.8 Å². The van der Waals surface area contributed by atoms with Crippen LogP contribution in [0.5, 0.6) is 0 Å². The Labute approximate surface area is 131 Å². The van der Waals surface area contributed by atoms with Crippen LogP contribution >= 0.6 is 39.3 Å². The molecule has 2 rings (SSSR count). The number of hydrogen-bond donors (Lipinski definition) is 0. The second kappa shape index (κ2) is 7.27. The number of alkyl halides is 1. The lowest BCUT2D eigenvalue weighted by Crippen LogP contribution is -2.01. The summed E-state index contributed by atoms with van der Waals surface area (Å²) in [5.41, 5.74) is 2.29. The van der Waals surface area contributed by atoms with Gasteiger partial charge in [-0.2, -0.15) is 0 Å². The van der Waals surface area contributed by atoms with Gasteiger partial charge in [-0.25, -0.2) is 9.97 Å². The van der Waals surface area contributed by atoms with Crippen LogP contribution in [0.3, 0.4) is 0 Å². The van der Waals surface area contributed by atoms with Gasteiger partial charge in [-0.05, 0) is 30.7 Å². The van der Waals surface area contributed by atoms with Gasteiger partial charge in [-0.1, -0.05) is 34.5 Å². The molecule has 0 spiro atoms. The largest absolute Gasteiger partial charge is 0.240 e. The molecule has 1 aromatic carbocycles. The minimum atomic E-state index is 0.760. The minimum absolute atomic E-state index is 0.760. The molecular weight excluding hydrogens is 344 g/mol. The molecule has 0 aliphatic carbocycles. The molecule has 1 heterocycles.